The highest BCUT2D eigenvalue weighted by Crippen LogP contribution is 2.43. The Labute approximate surface area is 191 Å². The third kappa shape index (κ3) is 3.78. The fraction of sp³-hybridized carbons (Fsp3) is 0.240. The number of hydrogen-bond donors (Lipinski definition) is 0. The van der Waals surface area contributed by atoms with Crippen LogP contribution in [0, 0.1) is 22.9 Å². The van der Waals surface area contributed by atoms with Gasteiger partial charge in [0.25, 0.3) is 5.56 Å². The zero-order chi connectivity index (χ0) is 23.5. The smallest absolute Gasteiger partial charge is 0.271 e. The van der Waals surface area contributed by atoms with Crippen molar-refractivity contribution < 1.29 is 18.0 Å². The molecule has 0 bridgehead atoms. The van der Waals surface area contributed by atoms with E-state index in [1.807, 2.05) is 13.8 Å². The van der Waals surface area contributed by atoms with Gasteiger partial charge in [0.2, 0.25) is 0 Å². The number of nitrogens with zero attached hydrogens (tertiary/aromatic N) is 2. The van der Waals surface area contributed by atoms with E-state index in [-0.39, 0.29) is 15.7 Å². The van der Waals surface area contributed by atoms with Crippen LogP contribution in [0.15, 0.2) is 63.5 Å². The van der Waals surface area contributed by atoms with E-state index >= 15 is 0 Å². The fourth-order valence-corrected chi connectivity index (χ4v) is 5.48. The molecular formula is C25H19F3N2O2S. The predicted molar refractivity (Wildman–Crippen MR) is 119 cm³/mol. The van der Waals surface area contributed by atoms with Crippen molar-refractivity contribution >= 4 is 23.2 Å². The molecule has 8 heteroatoms. The van der Waals surface area contributed by atoms with Crippen molar-refractivity contribution in [1.82, 2.24) is 4.57 Å². The topological polar surface area (TPSA) is 51.4 Å². The Hall–Kier alpha value is -3.26. The molecule has 0 saturated carbocycles. The molecule has 0 N–H and O–H groups in total. The van der Waals surface area contributed by atoms with E-state index in [2.05, 4.69) is 4.99 Å². The lowest BCUT2D eigenvalue weighted by Crippen LogP contribution is -2.42. The van der Waals surface area contributed by atoms with Gasteiger partial charge in [-0.3, -0.25) is 14.2 Å². The largest absolute Gasteiger partial charge is 0.294 e. The van der Waals surface area contributed by atoms with Crippen LogP contribution in [0.1, 0.15) is 43.9 Å². The molecule has 168 valence electrons. The molecule has 2 aromatic carbocycles. The first-order valence-electron chi connectivity index (χ1n) is 10.4. The molecule has 0 unspecified atom stereocenters. The number of carbonyl (C=O) groups is 1. The summed E-state index contributed by atoms with van der Waals surface area (Å²) in [7, 11) is 0. The SMILES string of the molecule is CC1(C)CC(=O)C2=C(C1)N=c1sc(=Cc3ccc(F)c(F)c3)c(=O)n1[C@H]2c1ccc(F)cc1. The van der Waals surface area contributed by atoms with Crippen molar-refractivity contribution in [3.63, 3.8) is 0 Å². The first-order chi connectivity index (χ1) is 15.6. The number of aromatic nitrogens is 1. The zero-order valence-corrected chi connectivity index (χ0v) is 18.7. The summed E-state index contributed by atoms with van der Waals surface area (Å²) >= 11 is 1.12. The van der Waals surface area contributed by atoms with Gasteiger partial charge in [-0.2, -0.15) is 0 Å². The van der Waals surface area contributed by atoms with Crippen LogP contribution >= 0.6 is 11.3 Å². The minimum absolute atomic E-state index is 0.0887. The summed E-state index contributed by atoms with van der Waals surface area (Å²) in [6.45, 7) is 3.99. The van der Waals surface area contributed by atoms with E-state index in [4.69, 9.17) is 0 Å². The molecule has 1 aliphatic carbocycles. The number of hydrogen-bond acceptors (Lipinski definition) is 4. The summed E-state index contributed by atoms with van der Waals surface area (Å²) in [5.41, 5.74) is 1.35. The monoisotopic (exact) mass is 468 g/mol. The number of carbonyl (C=O) groups excluding carboxylic acids is 1. The Kier molecular flexibility index (Phi) is 5.01. The normalized spacial score (nSPS) is 19.8. The molecule has 1 atom stereocenters. The summed E-state index contributed by atoms with van der Waals surface area (Å²) in [6.07, 6.45) is 2.37. The first-order valence-corrected chi connectivity index (χ1v) is 11.2. The van der Waals surface area contributed by atoms with Crippen molar-refractivity contribution in [3.05, 3.63) is 102 Å². The number of thiazole rings is 1. The maximum absolute atomic E-state index is 13.7. The van der Waals surface area contributed by atoms with Gasteiger partial charge in [0.05, 0.1) is 16.3 Å². The number of fused-ring (bicyclic) bond motifs is 1. The summed E-state index contributed by atoms with van der Waals surface area (Å²) in [5, 5.41) is 0. The molecule has 0 fully saturated rings. The minimum atomic E-state index is -1.01. The molecule has 0 radical (unpaired) electrons. The van der Waals surface area contributed by atoms with Gasteiger partial charge < -0.3 is 0 Å². The van der Waals surface area contributed by atoms with Crippen LogP contribution in [0.4, 0.5) is 13.2 Å². The Balaban J connectivity index is 1.76. The zero-order valence-electron chi connectivity index (χ0n) is 17.9. The second kappa shape index (κ2) is 7.66. The van der Waals surface area contributed by atoms with Crippen molar-refractivity contribution in [3.8, 4) is 0 Å². The lowest BCUT2D eigenvalue weighted by molar-refractivity contribution is -0.118. The summed E-state index contributed by atoms with van der Waals surface area (Å²) in [4.78, 5) is 31.7. The van der Waals surface area contributed by atoms with E-state index < -0.39 is 29.1 Å². The lowest BCUT2D eigenvalue weighted by Gasteiger charge is -2.35. The van der Waals surface area contributed by atoms with Crippen molar-refractivity contribution in [1.29, 1.82) is 0 Å². The van der Waals surface area contributed by atoms with Crippen LogP contribution in [-0.2, 0) is 4.79 Å². The molecule has 0 spiro atoms. The Morgan fingerprint density at radius 2 is 1.76 bits per heavy atom. The molecular weight excluding hydrogens is 449 g/mol. The number of rotatable bonds is 2. The van der Waals surface area contributed by atoms with Crippen LogP contribution in [0.25, 0.3) is 6.08 Å². The third-order valence-electron chi connectivity index (χ3n) is 5.92. The van der Waals surface area contributed by atoms with E-state index in [1.54, 1.807) is 12.1 Å². The second-order valence-corrected chi connectivity index (χ2v) is 10.1. The molecule has 1 aromatic heterocycles. The quantitative estimate of drug-likeness (QED) is 0.571. The van der Waals surface area contributed by atoms with Crippen molar-refractivity contribution in [2.24, 2.45) is 10.4 Å². The molecule has 0 amide bonds. The van der Waals surface area contributed by atoms with Crippen LogP contribution in [-0.4, -0.2) is 10.4 Å². The summed E-state index contributed by atoms with van der Waals surface area (Å²) < 4.78 is 42.3. The van der Waals surface area contributed by atoms with Gasteiger partial charge in [0.1, 0.15) is 5.82 Å². The maximum atomic E-state index is 13.7. The van der Waals surface area contributed by atoms with Gasteiger partial charge in [0.15, 0.2) is 22.2 Å². The molecule has 1 aliphatic heterocycles. The van der Waals surface area contributed by atoms with E-state index in [0.717, 1.165) is 23.5 Å². The molecule has 4 nitrogen and oxygen atoms in total. The van der Waals surface area contributed by atoms with Gasteiger partial charge in [-0.05, 0) is 53.3 Å². The van der Waals surface area contributed by atoms with Crippen LogP contribution in [0.5, 0.6) is 0 Å². The highest BCUT2D eigenvalue weighted by Gasteiger charge is 2.40. The summed E-state index contributed by atoms with van der Waals surface area (Å²) in [6, 6.07) is 8.39. The number of ketones is 1. The molecule has 2 aliphatic rings. The van der Waals surface area contributed by atoms with Gasteiger partial charge >= 0.3 is 0 Å². The molecule has 2 heterocycles. The number of halogens is 3. The minimum Gasteiger partial charge on any atom is -0.294 e. The highest BCUT2D eigenvalue weighted by atomic mass is 32.1. The van der Waals surface area contributed by atoms with Gasteiger partial charge in [0, 0.05) is 12.0 Å². The highest BCUT2D eigenvalue weighted by molar-refractivity contribution is 7.07. The second-order valence-electron chi connectivity index (χ2n) is 9.11. The average molecular weight is 469 g/mol. The molecule has 5 rings (SSSR count). The number of benzene rings is 2. The number of Topliss-reactive ketones (excluding diaryl/α,β-unsaturated/α-hetero) is 1. The maximum Gasteiger partial charge on any atom is 0.271 e. The Bertz CT molecular complexity index is 1510. The van der Waals surface area contributed by atoms with Crippen LogP contribution < -0.4 is 14.9 Å². The average Bonchev–Trinajstić information content (AvgIpc) is 3.04. The van der Waals surface area contributed by atoms with Crippen LogP contribution in [0.2, 0.25) is 0 Å². The Morgan fingerprint density at radius 3 is 2.45 bits per heavy atom. The number of allylic oxidation sites excluding steroid dienone is 2. The van der Waals surface area contributed by atoms with Gasteiger partial charge in [-0.1, -0.05) is 43.4 Å². The standard InChI is InChI=1S/C25H19F3N2O2S/c1-25(2)11-18-21(19(31)12-25)22(14-4-6-15(26)7-5-14)30-23(32)20(33-24(30)29-18)10-13-3-8-16(27)17(28)9-13/h3-10,22H,11-12H2,1-2H3/t22-/m0/s1. The fourth-order valence-electron chi connectivity index (χ4n) is 4.46. The van der Waals surface area contributed by atoms with E-state index in [0.29, 0.717) is 40.0 Å². The third-order valence-corrected chi connectivity index (χ3v) is 6.91. The lowest BCUT2D eigenvalue weighted by atomic mass is 9.73. The molecule has 0 saturated heterocycles. The predicted octanol–water partition coefficient (Wildman–Crippen LogP) is 4.02. The molecule has 3 aromatic rings. The van der Waals surface area contributed by atoms with Crippen molar-refractivity contribution in [2.75, 3.05) is 0 Å². The van der Waals surface area contributed by atoms with Gasteiger partial charge in [-0.25, -0.2) is 18.2 Å². The van der Waals surface area contributed by atoms with Crippen molar-refractivity contribution in [2.45, 2.75) is 32.7 Å². The van der Waals surface area contributed by atoms with E-state index in [1.165, 1.54) is 28.8 Å². The first kappa shape index (κ1) is 21.6. The van der Waals surface area contributed by atoms with E-state index in [9.17, 15) is 22.8 Å². The Morgan fingerprint density at radius 1 is 1.03 bits per heavy atom. The van der Waals surface area contributed by atoms with Gasteiger partial charge in [-0.15, -0.1) is 0 Å². The summed E-state index contributed by atoms with van der Waals surface area (Å²) in [5.74, 6) is -2.49. The molecule has 33 heavy (non-hydrogen) atoms. The van der Waals surface area contributed by atoms with Crippen LogP contribution in [0.3, 0.4) is 0 Å².